The van der Waals surface area contributed by atoms with E-state index >= 15 is 0 Å². The second-order valence-corrected chi connectivity index (χ2v) is 6.28. The van der Waals surface area contributed by atoms with E-state index in [1.54, 1.807) is 6.07 Å². The van der Waals surface area contributed by atoms with Crippen LogP contribution in [0.5, 0.6) is 0 Å². The van der Waals surface area contributed by atoms with Gasteiger partial charge in [0.25, 0.3) is 5.91 Å². The molecule has 0 aliphatic rings. The van der Waals surface area contributed by atoms with Crippen LogP contribution in [0.2, 0.25) is 0 Å². The maximum absolute atomic E-state index is 12.2. The number of benzene rings is 1. The first kappa shape index (κ1) is 18.5. The molecule has 1 aromatic rings. The minimum absolute atomic E-state index is 0.0295. The Bertz CT molecular complexity index is 492. The van der Waals surface area contributed by atoms with Gasteiger partial charge in [-0.2, -0.15) is 0 Å². The van der Waals surface area contributed by atoms with Crippen LogP contribution in [0.25, 0.3) is 0 Å². The molecule has 5 nitrogen and oxygen atoms in total. The highest BCUT2D eigenvalue weighted by molar-refractivity contribution is 8.00. The fraction of sp³-hybridized carbons (Fsp3) is 0.500. The average Bonchev–Trinajstić information content (AvgIpc) is 2.49. The molecule has 0 bridgehead atoms. The standard InChI is InChI=1S/C16H25N3O2S/c1-12(2)19-15(20)11-22-14-8-4-3-7-13(14)16(21)18-10-6-5-9-17/h3-4,7-8,12H,5-6,9-11,17H2,1-2H3,(H,18,21)(H,19,20). The normalized spacial score (nSPS) is 10.5. The molecule has 2 amide bonds. The van der Waals surface area contributed by atoms with E-state index in [1.165, 1.54) is 11.8 Å². The Labute approximate surface area is 136 Å². The van der Waals surface area contributed by atoms with Crippen molar-refractivity contribution >= 4 is 23.6 Å². The minimum atomic E-state index is -0.107. The van der Waals surface area contributed by atoms with Crippen molar-refractivity contribution in [2.45, 2.75) is 37.6 Å². The third-order valence-electron chi connectivity index (χ3n) is 2.86. The van der Waals surface area contributed by atoms with Gasteiger partial charge in [-0.25, -0.2) is 0 Å². The molecule has 0 fully saturated rings. The Morgan fingerprint density at radius 3 is 2.64 bits per heavy atom. The fourth-order valence-corrected chi connectivity index (χ4v) is 2.71. The van der Waals surface area contributed by atoms with Gasteiger partial charge in [-0.05, 0) is 45.4 Å². The Hall–Kier alpha value is -1.53. The number of unbranched alkanes of at least 4 members (excludes halogenated alkanes) is 1. The summed E-state index contributed by atoms with van der Waals surface area (Å²) in [4.78, 5) is 24.7. The molecule has 0 spiro atoms. The molecule has 1 rings (SSSR count). The van der Waals surface area contributed by atoms with Crippen molar-refractivity contribution in [3.63, 3.8) is 0 Å². The maximum Gasteiger partial charge on any atom is 0.252 e. The molecular weight excluding hydrogens is 298 g/mol. The van der Waals surface area contributed by atoms with Gasteiger partial charge < -0.3 is 16.4 Å². The summed E-state index contributed by atoms with van der Waals surface area (Å²) in [5.74, 6) is 0.165. The van der Waals surface area contributed by atoms with E-state index in [1.807, 2.05) is 32.0 Å². The van der Waals surface area contributed by atoms with Gasteiger partial charge in [-0.1, -0.05) is 12.1 Å². The van der Waals surface area contributed by atoms with Crippen LogP contribution in [0.1, 0.15) is 37.0 Å². The number of carbonyl (C=O) groups excluding carboxylic acids is 2. The van der Waals surface area contributed by atoms with Crippen molar-refractivity contribution < 1.29 is 9.59 Å². The van der Waals surface area contributed by atoms with Crippen molar-refractivity contribution in [3.05, 3.63) is 29.8 Å². The highest BCUT2D eigenvalue weighted by Crippen LogP contribution is 2.22. The Morgan fingerprint density at radius 1 is 1.23 bits per heavy atom. The zero-order valence-corrected chi connectivity index (χ0v) is 14.0. The molecule has 0 unspecified atom stereocenters. The third kappa shape index (κ3) is 6.95. The number of amides is 2. The summed E-state index contributed by atoms with van der Waals surface area (Å²) in [6.45, 7) is 5.09. The second-order valence-electron chi connectivity index (χ2n) is 5.26. The van der Waals surface area contributed by atoms with Gasteiger partial charge in [-0.3, -0.25) is 9.59 Å². The van der Waals surface area contributed by atoms with Crippen molar-refractivity contribution in [1.29, 1.82) is 0 Å². The summed E-state index contributed by atoms with van der Waals surface area (Å²) in [5.41, 5.74) is 6.04. The van der Waals surface area contributed by atoms with E-state index in [-0.39, 0.29) is 17.9 Å². The number of carbonyl (C=O) groups is 2. The molecule has 0 heterocycles. The van der Waals surface area contributed by atoms with E-state index in [9.17, 15) is 9.59 Å². The molecule has 0 saturated carbocycles. The highest BCUT2D eigenvalue weighted by Gasteiger charge is 2.12. The number of nitrogens with one attached hydrogen (secondary N) is 2. The van der Waals surface area contributed by atoms with Gasteiger partial charge in [0.1, 0.15) is 0 Å². The monoisotopic (exact) mass is 323 g/mol. The zero-order chi connectivity index (χ0) is 16.4. The summed E-state index contributed by atoms with van der Waals surface area (Å²) >= 11 is 1.38. The third-order valence-corrected chi connectivity index (χ3v) is 3.93. The van der Waals surface area contributed by atoms with Crippen LogP contribution < -0.4 is 16.4 Å². The second kappa shape index (κ2) is 10.2. The first-order valence-electron chi connectivity index (χ1n) is 7.54. The maximum atomic E-state index is 12.2. The summed E-state index contributed by atoms with van der Waals surface area (Å²) in [7, 11) is 0. The topological polar surface area (TPSA) is 84.2 Å². The first-order chi connectivity index (χ1) is 10.5. The predicted octanol–water partition coefficient (Wildman–Crippen LogP) is 1.77. The molecule has 6 heteroatoms. The lowest BCUT2D eigenvalue weighted by atomic mass is 10.2. The van der Waals surface area contributed by atoms with E-state index in [2.05, 4.69) is 10.6 Å². The molecule has 4 N–H and O–H groups in total. The van der Waals surface area contributed by atoms with Crippen LogP contribution in [-0.4, -0.2) is 36.7 Å². The van der Waals surface area contributed by atoms with E-state index in [0.717, 1.165) is 17.7 Å². The average molecular weight is 323 g/mol. The summed E-state index contributed by atoms with van der Waals surface area (Å²) in [6.07, 6.45) is 1.76. The molecule has 122 valence electrons. The number of nitrogens with two attached hydrogens (primary N) is 1. The van der Waals surface area contributed by atoms with Crippen molar-refractivity contribution in [3.8, 4) is 0 Å². The fourth-order valence-electron chi connectivity index (χ4n) is 1.85. The molecular formula is C16H25N3O2S. The number of rotatable bonds is 9. The lowest BCUT2D eigenvalue weighted by Gasteiger charge is -2.11. The largest absolute Gasteiger partial charge is 0.353 e. The summed E-state index contributed by atoms with van der Waals surface area (Å²) in [6, 6.07) is 7.46. The molecule has 0 radical (unpaired) electrons. The van der Waals surface area contributed by atoms with Crippen molar-refractivity contribution in [2.75, 3.05) is 18.8 Å². The Kier molecular flexibility index (Phi) is 8.62. The minimum Gasteiger partial charge on any atom is -0.353 e. The van der Waals surface area contributed by atoms with Crippen LogP contribution in [0.3, 0.4) is 0 Å². The van der Waals surface area contributed by atoms with Gasteiger partial charge in [0.2, 0.25) is 5.91 Å². The van der Waals surface area contributed by atoms with Gasteiger partial charge in [0, 0.05) is 17.5 Å². The van der Waals surface area contributed by atoms with E-state index in [0.29, 0.717) is 24.4 Å². The lowest BCUT2D eigenvalue weighted by molar-refractivity contribution is -0.119. The molecule has 22 heavy (non-hydrogen) atoms. The molecule has 1 aromatic carbocycles. The SMILES string of the molecule is CC(C)NC(=O)CSc1ccccc1C(=O)NCCCCN. The molecule has 0 aliphatic heterocycles. The van der Waals surface area contributed by atoms with E-state index in [4.69, 9.17) is 5.73 Å². The predicted molar refractivity (Wildman–Crippen MR) is 91.1 cm³/mol. The van der Waals surface area contributed by atoms with Crippen LogP contribution in [-0.2, 0) is 4.79 Å². The smallest absolute Gasteiger partial charge is 0.252 e. The quantitative estimate of drug-likeness (QED) is 0.478. The first-order valence-corrected chi connectivity index (χ1v) is 8.52. The molecule has 0 atom stereocenters. The van der Waals surface area contributed by atoms with Crippen molar-refractivity contribution in [2.24, 2.45) is 5.73 Å². The molecule has 0 saturated heterocycles. The van der Waals surface area contributed by atoms with Crippen molar-refractivity contribution in [1.82, 2.24) is 10.6 Å². The van der Waals surface area contributed by atoms with Crippen LogP contribution >= 0.6 is 11.8 Å². The Morgan fingerprint density at radius 2 is 1.95 bits per heavy atom. The zero-order valence-electron chi connectivity index (χ0n) is 13.2. The van der Waals surface area contributed by atoms with Gasteiger partial charge in [-0.15, -0.1) is 11.8 Å². The lowest BCUT2D eigenvalue weighted by Crippen LogP contribution is -2.31. The number of thioether (sulfide) groups is 1. The van der Waals surface area contributed by atoms with Crippen LogP contribution in [0.4, 0.5) is 0 Å². The number of hydrogen-bond acceptors (Lipinski definition) is 4. The van der Waals surface area contributed by atoms with Gasteiger partial charge >= 0.3 is 0 Å². The highest BCUT2D eigenvalue weighted by atomic mass is 32.2. The summed E-state index contributed by atoms with van der Waals surface area (Å²) in [5, 5.41) is 5.72. The van der Waals surface area contributed by atoms with E-state index < -0.39 is 0 Å². The number of hydrogen-bond donors (Lipinski definition) is 3. The summed E-state index contributed by atoms with van der Waals surface area (Å²) < 4.78 is 0. The molecule has 0 aromatic heterocycles. The Balaban J connectivity index is 2.57. The van der Waals surface area contributed by atoms with Gasteiger partial charge in [0.05, 0.1) is 11.3 Å². The van der Waals surface area contributed by atoms with Crippen LogP contribution in [0, 0.1) is 0 Å². The van der Waals surface area contributed by atoms with Gasteiger partial charge in [0.15, 0.2) is 0 Å². The molecule has 0 aliphatic carbocycles. The van der Waals surface area contributed by atoms with Crippen LogP contribution in [0.15, 0.2) is 29.2 Å².